The van der Waals surface area contributed by atoms with Crippen molar-refractivity contribution in [3.8, 4) is 24.3 Å². The van der Waals surface area contributed by atoms with E-state index in [1.165, 1.54) is 46.7 Å². The quantitative estimate of drug-likeness (QED) is 0.443. The molecule has 6 rings (SSSR count). The van der Waals surface area contributed by atoms with Crippen LogP contribution in [0.5, 0.6) is 0 Å². The van der Waals surface area contributed by atoms with E-state index >= 15 is 0 Å². The van der Waals surface area contributed by atoms with Crippen LogP contribution in [0.2, 0.25) is 0 Å². The van der Waals surface area contributed by atoms with Crippen molar-refractivity contribution in [2.24, 2.45) is 9.98 Å². The van der Waals surface area contributed by atoms with Gasteiger partial charge in [-0.05, 0) is 36.8 Å². The third-order valence-electron chi connectivity index (χ3n) is 8.05. The van der Waals surface area contributed by atoms with E-state index in [2.05, 4.69) is 9.98 Å². The van der Waals surface area contributed by atoms with Crippen molar-refractivity contribution in [2.75, 3.05) is 0 Å². The summed E-state index contributed by atoms with van der Waals surface area (Å²) in [7, 11) is 0. The average molecular weight is 509 g/mol. The largest absolute Gasteiger partial charge is 0.222 e. The molecular weight excluding hydrogens is 488 g/mol. The summed E-state index contributed by atoms with van der Waals surface area (Å²) in [6.45, 7) is 0. The van der Waals surface area contributed by atoms with E-state index in [4.69, 9.17) is 9.97 Å². The van der Waals surface area contributed by atoms with Crippen LogP contribution in [0.15, 0.2) is 9.98 Å². The molecular formula is C26H20N8S2. The molecule has 0 aromatic carbocycles. The Morgan fingerprint density at radius 1 is 0.611 bits per heavy atom. The molecule has 176 valence electrons. The Balaban J connectivity index is 1.61. The standard InChI is InChI=1S/C26H20N8S2/c27-11-15(12-28)31-23-33-21-20(36-23)18-17(25(21)7-3-1-4-8-25)19-22(26(18)9-5-2-6-10-26)34-24(35-19)32-16(13-29)14-30/h1-10H2. The Morgan fingerprint density at radius 2 is 0.972 bits per heavy atom. The second-order valence-corrected chi connectivity index (χ2v) is 11.7. The zero-order chi connectivity index (χ0) is 24.9. The molecule has 0 radical (unpaired) electrons. The van der Waals surface area contributed by atoms with Gasteiger partial charge >= 0.3 is 0 Å². The smallest absolute Gasteiger partial charge is 0.220 e. The number of aromatic nitrogens is 2. The molecule has 4 aliphatic carbocycles. The lowest BCUT2D eigenvalue weighted by molar-refractivity contribution is 0.366. The van der Waals surface area contributed by atoms with Crippen LogP contribution in [0.4, 0.5) is 10.3 Å². The first-order valence-electron chi connectivity index (χ1n) is 12.2. The van der Waals surface area contributed by atoms with E-state index in [0.29, 0.717) is 10.3 Å². The van der Waals surface area contributed by atoms with Crippen molar-refractivity contribution in [3.05, 3.63) is 21.1 Å². The SMILES string of the molecule is N#CC(C#N)=Nc1nc2c(s1)C1=C(c3sc(N=C(C#N)C#N)nc3C13CCCCC3)C21CCCCC1. The normalized spacial score (nSPS) is 19.9. The fraction of sp³-hybridized carbons (Fsp3) is 0.462. The first-order valence-corrected chi connectivity index (χ1v) is 13.8. The Kier molecular flexibility index (Phi) is 5.34. The van der Waals surface area contributed by atoms with Crippen LogP contribution in [0.1, 0.15) is 85.4 Å². The average Bonchev–Trinajstić information content (AvgIpc) is 3.63. The molecule has 2 heterocycles. The van der Waals surface area contributed by atoms with Crippen LogP contribution >= 0.6 is 22.7 Å². The van der Waals surface area contributed by atoms with Gasteiger partial charge in [-0.25, -0.2) is 9.97 Å². The predicted octanol–water partition coefficient (Wildman–Crippen LogP) is 6.18. The van der Waals surface area contributed by atoms with Crippen LogP contribution in [0.3, 0.4) is 0 Å². The van der Waals surface area contributed by atoms with Crippen LogP contribution < -0.4 is 0 Å². The molecule has 0 saturated heterocycles. The molecule has 8 nitrogen and oxygen atoms in total. The minimum atomic E-state index is -0.233. The van der Waals surface area contributed by atoms with Gasteiger partial charge in [-0.1, -0.05) is 61.2 Å². The Bertz CT molecular complexity index is 1400. The summed E-state index contributed by atoms with van der Waals surface area (Å²) in [4.78, 5) is 20.8. The van der Waals surface area contributed by atoms with Crippen LogP contribution in [-0.2, 0) is 10.8 Å². The second kappa shape index (κ2) is 8.45. The van der Waals surface area contributed by atoms with E-state index in [9.17, 15) is 21.0 Å². The summed E-state index contributed by atoms with van der Waals surface area (Å²) in [5.74, 6) is 0. The molecule has 36 heavy (non-hydrogen) atoms. The lowest BCUT2D eigenvalue weighted by Gasteiger charge is -2.35. The van der Waals surface area contributed by atoms with Gasteiger partial charge < -0.3 is 0 Å². The number of fused-ring (bicyclic) bond motifs is 8. The number of thiazole rings is 2. The van der Waals surface area contributed by atoms with Gasteiger partial charge in [-0.3, -0.25) is 0 Å². The van der Waals surface area contributed by atoms with E-state index < -0.39 is 0 Å². The maximum absolute atomic E-state index is 9.25. The van der Waals surface area contributed by atoms with Gasteiger partial charge in [0, 0.05) is 10.8 Å². The molecule has 4 aliphatic rings. The summed E-state index contributed by atoms with van der Waals surface area (Å²) in [6.07, 6.45) is 10.7. The van der Waals surface area contributed by atoms with Crippen LogP contribution in [-0.4, -0.2) is 21.4 Å². The van der Waals surface area contributed by atoms with Crippen molar-refractivity contribution >= 4 is 55.5 Å². The van der Waals surface area contributed by atoms with Crippen molar-refractivity contribution in [1.29, 1.82) is 21.0 Å². The van der Waals surface area contributed by atoms with Gasteiger partial charge in [-0.2, -0.15) is 31.0 Å². The van der Waals surface area contributed by atoms with E-state index in [1.807, 2.05) is 24.3 Å². The third-order valence-corrected chi connectivity index (χ3v) is 9.99. The highest BCUT2D eigenvalue weighted by Gasteiger charge is 2.60. The Hall–Kier alpha value is -3.70. The number of nitriles is 4. The Morgan fingerprint density at radius 3 is 1.31 bits per heavy atom. The first kappa shape index (κ1) is 22.7. The molecule has 2 fully saturated rings. The highest BCUT2D eigenvalue weighted by atomic mass is 32.1. The summed E-state index contributed by atoms with van der Waals surface area (Å²) in [5.41, 5.74) is 3.94. The Labute approximate surface area is 216 Å². The highest BCUT2D eigenvalue weighted by molar-refractivity contribution is 7.18. The van der Waals surface area contributed by atoms with Gasteiger partial charge in [0.15, 0.2) is 0 Å². The number of hydrogen-bond donors (Lipinski definition) is 0. The summed E-state index contributed by atoms with van der Waals surface area (Å²) < 4.78 is 0. The molecule has 10 heteroatoms. The van der Waals surface area contributed by atoms with Gasteiger partial charge in [0.05, 0.1) is 21.1 Å². The maximum atomic E-state index is 9.25. The minimum Gasteiger partial charge on any atom is -0.222 e. The molecule has 2 saturated carbocycles. The zero-order valence-electron chi connectivity index (χ0n) is 19.5. The fourth-order valence-electron chi connectivity index (χ4n) is 6.70. The third kappa shape index (κ3) is 3.05. The van der Waals surface area contributed by atoms with E-state index in [1.54, 1.807) is 0 Å². The summed E-state index contributed by atoms with van der Waals surface area (Å²) in [5, 5.41) is 37.9. The minimum absolute atomic E-state index is 0.179. The summed E-state index contributed by atoms with van der Waals surface area (Å²) in [6, 6.07) is 7.43. The molecule has 0 N–H and O–H groups in total. The number of nitrogens with zero attached hydrogens (tertiary/aromatic N) is 8. The summed E-state index contributed by atoms with van der Waals surface area (Å²) >= 11 is 2.99. The van der Waals surface area contributed by atoms with E-state index in [0.717, 1.165) is 72.5 Å². The molecule has 2 aromatic rings. The number of hydrogen-bond acceptors (Lipinski definition) is 10. The second-order valence-electron chi connectivity index (χ2n) is 9.75. The molecule has 2 spiro atoms. The molecule has 0 atom stereocenters. The topological polar surface area (TPSA) is 146 Å². The molecule has 0 amide bonds. The molecule has 0 bridgehead atoms. The number of allylic oxidation sites excluding steroid dienone is 2. The fourth-order valence-corrected chi connectivity index (χ4v) is 9.09. The van der Waals surface area contributed by atoms with Gasteiger partial charge in [-0.15, -0.1) is 0 Å². The van der Waals surface area contributed by atoms with Crippen molar-refractivity contribution in [1.82, 2.24) is 9.97 Å². The van der Waals surface area contributed by atoms with Crippen molar-refractivity contribution in [3.63, 3.8) is 0 Å². The zero-order valence-corrected chi connectivity index (χ0v) is 21.1. The van der Waals surface area contributed by atoms with Gasteiger partial charge in [0.25, 0.3) is 0 Å². The number of aliphatic imine (C=N–C) groups is 2. The molecule has 0 aliphatic heterocycles. The van der Waals surface area contributed by atoms with Gasteiger partial charge in [0.2, 0.25) is 21.7 Å². The van der Waals surface area contributed by atoms with Crippen molar-refractivity contribution < 1.29 is 0 Å². The van der Waals surface area contributed by atoms with Crippen LogP contribution in [0, 0.1) is 45.3 Å². The molecule has 2 aromatic heterocycles. The molecule has 0 unspecified atom stereocenters. The lowest BCUT2D eigenvalue weighted by atomic mass is 9.68. The number of rotatable bonds is 2. The van der Waals surface area contributed by atoms with E-state index in [-0.39, 0.29) is 22.3 Å². The highest BCUT2D eigenvalue weighted by Crippen LogP contribution is 2.71. The lowest BCUT2D eigenvalue weighted by Crippen LogP contribution is -2.29. The monoisotopic (exact) mass is 508 g/mol. The van der Waals surface area contributed by atoms with Gasteiger partial charge in [0.1, 0.15) is 24.3 Å². The van der Waals surface area contributed by atoms with Crippen molar-refractivity contribution in [2.45, 2.75) is 75.0 Å². The predicted molar refractivity (Wildman–Crippen MR) is 137 cm³/mol. The maximum Gasteiger partial charge on any atom is 0.220 e. The van der Waals surface area contributed by atoms with Crippen LogP contribution in [0.25, 0.3) is 11.1 Å². The first-order chi connectivity index (χ1) is 17.6.